The number of hydrogen-bond donors (Lipinski definition) is 1. The third-order valence-electron chi connectivity index (χ3n) is 3.43. The van der Waals surface area contributed by atoms with Crippen LogP contribution in [0, 0.1) is 6.92 Å². The van der Waals surface area contributed by atoms with Crippen molar-refractivity contribution in [3.8, 4) is 0 Å². The van der Waals surface area contributed by atoms with Gasteiger partial charge in [-0.2, -0.15) is 10.2 Å². The van der Waals surface area contributed by atoms with E-state index in [2.05, 4.69) is 31.4 Å². The Bertz CT molecular complexity index is 646. The molecule has 0 saturated carbocycles. The minimum absolute atomic E-state index is 0.107. The van der Waals surface area contributed by atoms with Crippen molar-refractivity contribution in [2.24, 2.45) is 0 Å². The molecule has 1 N–H and O–H groups in total. The highest BCUT2D eigenvalue weighted by molar-refractivity contribution is 9.10. The van der Waals surface area contributed by atoms with Crippen LogP contribution in [0.4, 0.5) is 0 Å². The zero-order valence-corrected chi connectivity index (χ0v) is 14.3. The Morgan fingerprint density at radius 1 is 1.43 bits per heavy atom. The van der Waals surface area contributed by atoms with Gasteiger partial charge in [0.25, 0.3) is 5.91 Å². The second-order valence-electron chi connectivity index (χ2n) is 4.88. The number of hydrogen-bond acceptors (Lipinski definition) is 3. The van der Waals surface area contributed by atoms with Crippen molar-refractivity contribution in [1.29, 1.82) is 0 Å². The largest absolute Gasteiger partial charge is 0.344 e. The van der Waals surface area contributed by atoms with Crippen molar-refractivity contribution in [3.63, 3.8) is 0 Å². The summed E-state index contributed by atoms with van der Waals surface area (Å²) in [5, 5.41) is 11.6. The molecule has 2 aromatic heterocycles. The second kappa shape index (κ2) is 6.43. The standard InChI is InChI=1S/C14H20BrN5O/c1-5-19-8-11(10(4)18-19)9(3)17-14(21)13-12(15)7-16-20(13)6-2/h7-9H,5-6H2,1-4H3,(H,17,21). The van der Waals surface area contributed by atoms with E-state index in [0.717, 1.165) is 17.8 Å². The summed E-state index contributed by atoms with van der Waals surface area (Å²) in [7, 11) is 0. The minimum Gasteiger partial charge on any atom is -0.344 e. The number of rotatable bonds is 5. The maximum absolute atomic E-state index is 12.4. The average Bonchev–Trinajstić information content (AvgIpc) is 3.01. The van der Waals surface area contributed by atoms with Crippen LogP contribution >= 0.6 is 15.9 Å². The fraction of sp³-hybridized carbons (Fsp3) is 0.500. The van der Waals surface area contributed by atoms with Gasteiger partial charge in [0.2, 0.25) is 0 Å². The average molecular weight is 354 g/mol. The van der Waals surface area contributed by atoms with Crippen LogP contribution in [0.15, 0.2) is 16.9 Å². The van der Waals surface area contributed by atoms with E-state index in [-0.39, 0.29) is 11.9 Å². The summed E-state index contributed by atoms with van der Waals surface area (Å²) >= 11 is 3.37. The van der Waals surface area contributed by atoms with E-state index in [1.165, 1.54) is 0 Å². The first-order valence-corrected chi connectivity index (χ1v) is 7.83. The van der Waals surface area contributed by atoms with Crippen molar-refractivity contribution < 1.29 is 4.79 Å². The van der Waals surface area contributed by atoms with Crippen LogP contribution in [0.25, 0.3) is 0 Å². The van der Waals surface area contributed by atoms with Crippen LogP contribution in [-0.4, -0.2) is 25.5 Å². The Balaban J connectivity index is 2.18. The number of carbonyl (C=O) groups is 1. The van der Waals surface area contributed by atoms with E-state index in [1.807, 2.05) is 38.6 Å². The van der Waals surface area contributed by atoms with Gasteiger partial charge >= 0.3 is 0 Å². The van der Waals surface area contributed by atoms with Gasteiger partial charge in [-0.25, -0.2) is 0 Å². The number of carbonyl (C=O) groups excluding carboxylic acids is 1. The summed E-state index contributed by atoms with van der Waals surface area (Å²) in [5.41, 5.74) is 2.52. The van der Waals surface area contributed by atoms with Gasteiger partial charge in [-0.1, -0.05) is 0 Å². The molecular weight excluding hydrogens is 334 g/mol. The Kier molecular flexibility index (Phi) is 4.82. The first-order valence-electron chi connectivity index (χ1n) is 7.04. The maximum Gasteiger partial charge on any atom is 0.271 e. The molecule has 21 heavy (non-hydrogen) atoms. The van der Waals surface area contributed by atoms with Gasteiger partial charge in [-0.3, -0.25) is 14.2 Å². The first-order chi connectivity index (χ1) is 9.97. The van der Waals surface area contributed by atoms with Crippen molar-refractivity contribution in [2.75, 3.05) is 0 Å². The SMILES string of the molecule is CCn1cc(C(C)NC(=O)c2c(Br)cnn2CC)c(C)n1. The van der Waals surface area contributed by atoms with Crippen LogP contribution in [0.1, 0.15) is 48.6 Å². The second-order valence-corrected chi connectivity index (χ2v) is 5.73. The first kappa shape index (κ1) is 15.8. The van der Waals surface area contributed by atoms with Crippen LogP contribution in [0.5, 0.6) is 0 Å². The Hall–Kier alpha value is -1.63. The van der Waals surface area contributed by atoms with E-state index in [1.54, 1.807) is 10.9 Å². The molecule has 2 heterocycles. The molecule has 114 valence electrons. The van der Waals surface area contributed by atoms with Gasteiger partial charge in [0.05, 0.1) is 22.4 Å². The van der Waals surface area contributed by atoms with Gasteiger partial charge in [0.1, 0.15) is 5.69 Å². The molecule has 6 nitrogen and oxygen atoms in total. The molecule has 1 unspecified atom stereocenters. The van der Waals surface area contributed by atoms with Gasteiger partial charge < -0.3 is 5.32 Å². The lowest BCUT2D eigenvalue weighted by atomic mass is 10.1. The molecule has 0 radical (unpaired) electrons. The van der Waals surface area contributed by atoms with E-state index >= 15 is 0 Å². The predicted molar refractivity (Wildman–Crippen MR) is 84.1 cm³/mol. The third kappa shape index (κ3) is 3.18. The molecule has 0 aliphatic carbocycles. The van der Waals surface area contributed by atoms with Crippen molar-refractivity contribution in [2.45, 2.75) is 46.8 Å². The van der Waals surface area contributed by atoms with E-state index in [9.17, 15) is 4.79 Å². The summed E-state index contributed by atoms with van der Waals surface area (Å²) in [5.74, 6) is -0.141. The van der Waals surface area contributed by atoms with Gasteiger partial charge in [0, 0.05) is 24.8 Å². The van der Waals surface area contributed by atoms with E-state index in [4.69, 9.17) is 0 Å². The molecule has 2 rings (SSSR count). The van der Waals surface area contributed by atoms with Gasteiger partial charge in [0.15, 0.2) is 0 Å². The third-order valence-corrected chi connectivity index (χ3v) is 4.01. The molecule has 0 aliphatic heterocycles. The monoisotopic (exact) mass is 353 g/mol. The van der Waals surface area contributed by atoms with Crippen LogP contribution in [0.2, 0.25) is 0 Å². The molecule has 0 saturated heterocycles. The number of nitrogens with one attached hydrogen (secondary N) is 1. The summed E-state index contributed by atoms with van der Waals surface area (Å²) in [6, 6.07) is -0.107. The molecular formula is C14H20BrN5O. The summed E-state index contributed by atoms with van der Waals surface area (Å²) in [6.07, 6.45) is 3.62. The molecule has 0 aliphatic rings. The number of aromatic nitrogens is 4. The van der Waals surface area contributed by atoms with E-state index in [0.29, 0.717) is 16.7 Å². The smallest absolute Gasteiger partial charge is 0.271 e. The van der Waals surface area contributed by atoms with Crippen molar-refractivity contribution in [3.05, 3.63) is 33.8 Å². The number of amides is 1. The Labute approximate surface area is 132 Å². The lowest BCUT2D eigenvalue weighted by Gasteiger charge is -2.14. The molecule has 7 heteroatoms. The van der Waals surface area contributed by atoms with Gasteiger partial charge in [-0.15, -0.1) is 0 Å². The maximum atomic E-state index is 12.4. The quantitative estimate of drug-likeness (QED) is 0.898. The minimum atomic E-state index is -0.141. The molecule has 0 spiro atoms. The summed E-state index contributed by atoms with van der Waals surface area (Å²) < 4.78 is 4.25. The normalized spacial score (nSPS) is 12.4. The van der Waals surface area contributed by atoms with Crippen LogP contribution in [0.3, 0.4) is 0 Å². The lowest BCUT2D eigenvalue weighted by Crippen LogP contribution is -2.29. The molecule has 0 fully saturated rings. The van der Waals surface area contributed by atoms with Crippen LogP contribution in [-0.2, 0) is 13.1 Å². The predicted octanol–water partition coefficient (Wildman–Crippen LogP) is 2.68. The van der Waals surface area contributed by atoms with Crippen molar-refractivity contribution >= 4 is 21.8 Å². The van der Waals surface area contributed by atoms with Gasteiger partial charge in [-0.05, 0) is 43.6 Å². The lowest BCUT2D eigenvalue weighted by molar-refractivity contribution is 0.0928. The highest BCUT2D eigenvalue weighted by Gasteiger charge is 2.20. The highest BCUT2D eigenvalue weighted by atomic mass is 79.9. The topological polar surface area (TPSA) is 64.7 Å². The molecule has 0 bridgehead atoms. The zero-order valence-electron chi connectivity index (χ0n) is 12.7. The number of aryl methyl sites for hydroxylation is 3. The molecule has 1 atom stereocenters. The highest BCUT2D eigenvalue weighted by Crippen LogP contribution is 2.20. The molecule has 2 aromatic rings. The zero-order chi connectivity index (χ0) is 15.6. The summed E-state index contributed by atoms with van der Waals surface area (Å²) in [4.78, 5) is 12.4. The fourth-order valence-corrected chi connectivity index (χ4v) is 2.77. The fourth-order valence-electron chi connectivity index (χ4n) is 2.29. The van der Waals surface area contributed by atoms with E-state index < -0.39 is 0 Å². The van der Waals surface area contributed by atoms with Crippen molar-refractivity contribution in [1.82, 2.24) is 24.9 Å². The number of halogens is 1. The Morgan fingerprint density at radius 3 is 2.71 bits per heavy atom. The molecule has 0 aromatic carbocycles. The molecule has 1 amide bonds. The van der Waals surface area contributed by atoms with Crippen LogP contribution < -0.4 is 5.32 Å². The number of nitrogens with zero attached hydrogens (tertiary/aromatic N) is 4. The summed E-state index contributed by atoms with van der Waals surface area (Å²) in [6.45, 7) is 9.37. The Morgan fingerprint density at radius 2 is 2.14 bits per heavy atom.